The molecule has 0 saturated carbocycles. The van der Waals surface area contributed by atoms with Crippen LogP contribution >= 0.6 is 0 Å². The highest BCUT2D eigenvalue weighted by Crippen LogP contribution is 2.23. The van der Waals surface area contributed by atoms with Crippen molar-refractivity contribution in [3.05, 3.63) is 77.1 Å². The molecule has 1 amide bonds. The van der Waals surface area contributed by atoms with Gasteiger partial charge in [-0.15, -0.1) is 0 Å². The minimum Gasteiger partial charge on any atom is -0.424 e. The highest BCUT2D eigenvalue weighted by Gasteiger charge is 2.14. The second-order valence-corrected chi connectivity index (χ2v) is 6.05. The first-order chi connectivity index (χ1) is 12.9. The van der Waals surface area contributed by atoms with Crippen LogP contribution in [0.3, 0.4) is 0 Å². The first kappa shape index (κ1) is 18.3. The van der Waals surface area contributed by atoms with Gasteiger partial charge in [0.2, 0.25) is 0 Å². The maximum atomic E-state index is 12.5. The second kappa shape index (κ2) is 7.78. The Hall–Kier alpha value is -3.54. The molecule has 1 aromatic heterocycles. The summed E-state index contributed by atoms with van der Waals surface area (Å²) in [6.45, 7) is 5.04. The van der Waals surface area contributed by atoms with Gasteiger partial charge >= 0.3 is 6.01 Å². The quantitative estimate of drug-likeness (QED) is 0.684. The van der Waals surface area contributed by atoms with Gasteiger partial charge in [0, 0.05) is 11.1 Å². The maximum Gasteiger partial charge on any atom is 0.322 e. The van der Waals surface area contributed by atoms with E-state index < -0.39 is 0 Å². The van der Waals surface area contributed by atoms with E-state index in [2.05, 4.69) is 15.3 Å². The summed E-state index contributed by atoms with van der Waals surface area (Å²) in [4.78, 5) is 32.5. The van der Waals surface area contributed by atoms with Crippen LogP contribution < -0.4 is 10.1 Å². The molecule has 6 nitrogen and oxygen atoms in total. The molecule has 0 fully saturated rings. The van der Waals surface area contributed by atoms with Crippen molar-refractivity contribution in [1.82, 2.24) is 9.97 Å². The molecule has 27 heavy (non-hydrogen) atoms. The van der Waals surface area contributed by atoms with Gasteiger partial charge in [-0.3, -0.25) is 9.59 Å². The van der Waals surface area contributed by atoms with E-state index in [0.717, 1.165) is 0 Å². The molecular weight excluding hydrogens is 342 g/mol. The van der Waals surface area contributed by atoms with Gasteiger partial charge in [0.1, 0.15) is 5.75 Å². The zero-order chi connectivity index (χ0) is 19.4. The largest absolute Gasteiger partial charge is 0.424 e. The fourth-order valence-electron chi connectivity index (χ4n) is 2.55. The zero-order valence-electron chi connectivity index (χ0n) is 15.3. The molecule has 136 valence electrons. The van der Waals surface area contributed by atoms with Crippen LogP contribution in [0, 0.1) is 13.8 Å². The predicted octanol–water partition coefficient (Wildman–Crippen LogP) is 4.34. The van der Waals surface area contributed by atoms with Crippen molar-refractivity contribution in [1.29, 1.82) is 0 Å². The Labute approximate surface area is 157 Å². The van der Waals surface area contributed by atoms with Gasteiger partial charge < -0.3 is 10.1 Å². The summed E-state index contributed by atoms with van der Waals surface area (Å²) in [6.07, 6.45) is 0. The Morgan fingerprint density at radius 2 is 1.41 bits per heavy atom. The van der Waals surface area contributed by atoms with Crippen molar-refractivity contribution in [2.45, 2.75) is 20.8 Å². The molecule has 0 radical (unpaired) electrons. The summed E-state index contributed by atoms with van der Waals surface area (Å²) in [7, 11) is 0. The number of amides is 1. The van der Waals surface area contributed by atoms with Crippen molar-refractivity contribution in [2.24, 2.45) is 0 Å². The average molecular weight is 361 g/mol. The standard InChI is InChI=1S/C21H19N3O3/c1-13-19(24-20(26)17-11-9-16(10-12-17)15(3)25)14(2)23-21(22-13)27-18-7-5-4-6-8-18/h4-12H,1-3H3,(H,24,26). The Morgan fingerprint density at radius 1 is 0.852 bits per heavy atom. The third-order valence-corrected chi connectivity index (χ3v) is 3.99. The van der Waals surface area contributed by atoms with Gasteiger partial charge in [0.25, 0.3) is 5.91 Å². The van der Waals surface area contributed by atoms with Crippen molar-refractivity contribution in [3.63, 3.8) is 0 Å². The number of carbonyl (C=O) groups excluding carboxylic acids is 2. The van der Waals surface area contributed by atoms with Crippen LogP contribution in [0.25, 0.3) is 0 Å². The van der Waals surface area contributed by atoms with Gasteiger partial charge in [-0.25, -0.2) is 0 Å². The van der Waals surface area contributed by atoms with E-state index in [-0.39, 0.29) is 17.7 Å². The topological polar surface area (TPSA) is 81.2 Å². The molecular formula is C21H19N3O3. The molecule has 0 spiro atoms. The molecule has 0 saturated heterocycles. The smallest absolute Gasteiger partial charge is 0.322 e. The average Bonchev–Trinajstić information content (AvgIpc) is 2.65. The van der Waals surface area contributed by atoms with Crippen LogP contribution in [-0.2, 0) is 0 Å². The summed E-state index contributed by atoms with van der Waals surface area (Å²) in [6, 6.07) is 16.0. The number of para-hydroxylation sites is 1. The van der Waals surface area contributed by atoms with Crippen LogP contribution in [0.1, 0.15) is 39.0 Å². The molecule has 6 heteroatoms. The number of hydrogen-bond acceptors (Lipinski definition) is 5. The third-order valence-electron chi connectivity index (χ3n) is 3.99. The summed E-state index contributed by atoms with van der Waals surface area (Å²) >= 11 is 0. The summed E-state index contributed by atoms with van der Waals surface area (Å²) in [5.74, 6) is 0.298. The molecule has 1 heterocycles. The van der Waals surface area contributed by atoms with E-state index in [0.29, 0.717) is 34.0 Å². The van der Waals surface area contributed by atoms with E-state index in [1.54, 1.807) is 38.1 Å². The van der Waals surface area contributed by atoms with Gasteiger partial charge in [-0.2, -0.15) is 9.97 Å². The maximum absolute atomic E-state index is 12.5. The van der Waals surface area contributed by atoms with Crippen molar-refractivity contribution in [2.75, 3.05) is 5.32 Å². The van der Waals surface area contributed by atoms with Gasteiger partial charge in [-0.05, 0) is 45.0 Å². The number of nitrogens with one attached hydrogen (secondary N) is 1. The highest BCUT2D eigenvalue weighted by molar-refractivity contribution is 6.05. The Bertz CT molecular complexity index is 960. The lowest BCUT2D eigenvalue weighted by molar-refractivity contribution is 0.100. The fourth-order valence-corrected chi connectivity index (χ4v) is 2.55. The number of Topliss-reactive ketones (excluding diaryl/α,β-unsaturated/α-hetero) is 1. The van der Waals surface area contributed by atoms with Crippen LogP contribution in [0.4, 0.5) is 5.69 Å². The van der Waals surface area contributed by atoms with E-state index in [9.17, 15) is 9.59 Å². The number of anilines is 1. The minimum atomic E-state index is -0.295. The molecule has 2 aromatic carbocycles. The lowest BCUT2D eigenvalue weighted by Gasteiger charge is -2.12. The SMILES string of the molecule is CC(=O)c1ccc(C(=O)Nc2c(C)nc(Oc3ccccc3)nc2C)cc1. The number of rotatable bonds is 5. The Kier molecular flexibility index (Phi) is 5.26. The van der Waals surface area contributed by atoms with Crippen LogP contribution in [-0.4, -0.2) is 21.7 Å². The summed E-state index contributed by atoms with van der Waals surface area (Å²) < 4.78 is 5.65. The second-order valence-electron chi connectivity index (χ2n) is 6.05. The van der Waals surface area contributed by atoms with E-state index in [4.69, 9.17) is 4.74 Å². The van der Waals surface area contributed by atoms with Crippen molar-refractivity contribution < 1.29 is 14.3 Å². The van der Waals surface area contributed by atoms with Crippen LogP contribution in [0.15, 0.2) is 54.6 Å². The number of ketones is 1. The molecule has 0 atom stereocenters. The van der Waals surface area contributed by atoms with Gasteiger partial charge in [-0.1, -0.05) is 30.3 Å². The van der Waals surface area contributed by atoms with Crippen molar-refractivity contribution >= 4 is 17.4 Å². The first-order valence-electron chi connectivity index (χ1n) is 8.44. The van der Waals surface area contributed by atoms with Crippen molar-refractivity contribution in [3.8, 4) is 11.8 Å². The number of hydrogen-bond donors (Lipinski definition) is 1. The first-order valence-corrected chi connectivity index (χ1v) is 8.44. The number of nitrogens with zero attached hydrogens (tertiary/aromatic N) is 2. The Morgan fingerprint density at radius 3 is 1.96 bits per heavy atom. The predicted molar refractivity (Wildman–Crippen MR) is 102 cm³/mol. The highest BCUT2D eigenvalue weighted by atomic mass is 16.5. The summed E-state index contributed by atoms with van der Waals surface area (Å²) in [5.41, 5.74) is 2.74. The number of aryl methyl sites for hydroxylation is 2. The molecule has 0 aliphatic carbocycles. The van der Waals surface area contributed by atoms with Gasteiger partial charge in [0.15, 0.2) is 5.78 Å². The fraction of sp³-hybridized carbons (Fsp3) is 0.143. The lowest BCUT2D eigenvalue weighted by Crippen LogP contribution is -2.15. The molecule has 0 bridgehead atoms. The molecule has 3 aromatic rings. The van der Waals surface area contributed by atoms with Gasteiger partial charge in [0.05, 0.1) is 17.1 Å². The zero-order valence-corrected chi connectivity index (χ0v) is 15.3. The number of benzene rings is 2. The van der Waals surface area contributed by atoms with E-state index >= 15 is 0 Å². The Balaban J connectivity index is 1.78. The van der Waals surface area contributed by atoms with E-state index in [1.807, 2.05) is 30.3 Å². The van der Waals surface area contributed by atoms with E-state index in [1.165, 1.54) is 6.92 Å². The molecule has 3 rings (SSSR count). The molecule has 0 aliphatic rings. The number of ether oxygens (including phenoxy) is 1. The van der Waals surface area contributed by atoms with Crippen LogP contribution in [0.2, 0.25) is 0 Å². The normalized spacial score (nSPS) is 10.3. The monoisotopic (exact) mass is 361 g/mol. The molecule has 0 aliphatic heterocycles. The summed E-state index contributed by atoms with van der Waals surface area (Å²) in [5, 5.41) is 2.83. The number of aromatic nitrogens is 2. The van der Waals surface area contributed by atoms with Crippen LogP contribution in [0.5, 0.6) is 11.8 Å². The molecule has 0 unspecified atom stereocenters. The molecule has 1 N–H and O–H groups in total. The third kappa shape index (κ3) is 4.36. The minimum absolute atomic E-state index is 0.0453. The number of carbonyl (C=O) groups is 2. The lowest BCUT2D eigenvalue weighted by atomic mass is 10.1.